The van der Waals surface area contributed by atoms with Crippen molar-refractivity contribution in [1.29, 1.82) is 0 Å². The SMILES string of the molecule is CCOc1ccc(N2C(=O)/C(=C/c3ccc(OCc4ccc(C(=O)O)cc4)c(OC)c3)C(=O)NC2=S)cc1. The first-order chi connectivity index (χ1) is 18.3. The zero-order valence-electron chi connectivity index (χ0n) is 20.6. The van der Waals surface area contributed by atoms with E-state index in [0.29, 0.717) is 35.1 Å². The van der Waals surface area contributed by atoms with Crippen molar-refractivity contribution >= 4 is 46.9 Å². The average Bonchev–Trinajstić information content (AvgIpc) is 2.91. The molecule has 194 valence electrons. The fourth-order valence-electron chi connectivity index (χ4n) is 3.71. The van der Waals surface area contributed by atoms with E-state index in [1.165, 1.54) is 30.2 Å². The molecule has 0 radical (unpaired) electrons. The number of amides is 2. The number of carbonyl (C=O) groups excluding carboxylic acids is 2. The van der Waals surface area contributed by atoms with Crippen molar-refractivity contribution in [2.24, 2.45) is 0 Å². The van der Waals surface area contributed by atoms with Crippen LogP contribution in [0.15, 0.2) is 72.3 Å². The molecule has 1 saturated heterocycles. The quantitative estimate of drug-likeness (QED) is 0.239. The van der Waals surface area contributed by atoms with Crippen molar-refractivity contribution in [3.8, 4) is 17.2 Å². The first-order valence-electron chi connectivity index (χ1n) is 11.6. The molecule has 3 aromatic rings. The maximum absolute atomic E-state index is 13.3. The van der Waals surface area contributed by atoms with Crippen molar-refractivity contribution in [2.45, 2.75) is 13.5 Å². The third-order valence-corrected chi connectivity index (χ3v) is 5.89. The Morgan fingerprint density at radius 2 is 1.71 bits per heavy atom. The van der Waals surface area contributed by atoms with Crippen molar-refractivity contribution < 1.29 is 33.7 Å². The third-order valence-electron chi connectivity index (χ3n) is 5.60. The lowest BCUT2D eigenvalue weighted by Crippen LogP contribution is -2.54. The molecular formula is C28H24N2O7S. The zero-order valence-corrected chi connectivity index (χ0v) is 21.4. The van der Waals surface area contributed by atoms with Crippen LogP contribution in [0.2, 0.25) is 0 Å². The molecular weight excluding hydrogens is 508 g/mol. The Bertz CT molecular complexity index is 1420. The molecule has 9 nitrogen and oxygen atoms in total. The van der Waals surface area contributed by atoms with Gasteiger partial charge in [0, 0.05) is 0 Å². The zero-order chi connectivity index (χ0) is 27.2. The molecule has 38 heavy (non-hydrogen) atoms. The Labute approximate surface area is 224 Å². The number of aromatic carboxylic acids is 1. The number of nitrogens with one attached hydrogen (secondary N) is 1. The largest absolute Gasteiger partial charge is 0.494 e. The lowest BCUT2D eigenvalue weighted by atomic mass is 10.1. The summed E-state index contributed by atoms with van der Waals surface area (Å²) in [5, 5.41) is 11.6. The van der Waals surface area contributed by atoms with Crippen LogP contribution in [-0.4, -0.2) is 41.7 Å². The first-order valence-corrected chi connectivity index (χ1v) is 12.0. The van der Waals surface area contributed by atoms with E-state index in [2.05, 4.69) is 5.32 Å². The Balaban J connectivity index is 1.54. The lowest BCUT2D eigenvalue weighted by molar-refractivity contribution is -0.122. The molecule has 0 aliphatic carbocycles. The van der Waals surface area contributed by atoms with Gasteiger partial charge in [-0.15, -0.1) is 0 Å². The minimum absolute atomic E-state index is 0.0148. The van der Waals surface area contributed by atoms with Crippen LogP contribution in [-0.2, 0) is 16.2 Å². The summed E-state index contributed by atoms with van der Waals surface area (Å²) in [4.78, 5) is 38.2. The molecule has 0 atom stereocenters. The average molecular weight is 533 g/mol. The normalized spacial score (nSPS) is 14.3. The number of nitrogens with zero attached hydrogens (tertiary/aromatic N) is 1. The van der Waals surface area contributed by atoms with Crippen LogP contribution >= 0.6 is 12.2 Å². The number of thiocarbonyl (C=S) groups is 1. The summed E-state index contributed by atoms with van der Waals surface area (Å²) in [6.45, 7) is 2.57. The molecule has 10 heteroatoms. The van der Waals surface area contributed by atoms with Crippen molar-refractivity contribution in [2.75, 3.05) is 18.6 Å². The van der Waals surface area contributed by atoms with E-state index in [4.69, 9.17) is 31.5 Å². The van der Waals surface area contributed by atoms with Gasteiger partial charge in [0.05, 0.1) is 25.0 Å². The molecule has 0 unspecified atom stereocenters. The Morgan fingerprint density at radius 1 is 1.00 bits per heavy atom. The lowest BCUT2D eigenvalue weighted by Gasteiger charge is -2.29. The van der Waals surface area contributed by atoms with Gasteiger partial charge in [-0.1, -0.05) is 18.2 Å². The second kappa shape index (κ2) is 11.6. The predicted molar refractivity (Wildman–Crippen MR) is 145 cm³/mol. The summed E-state index contributed by atoms with van der Waals surface area (Å²) in [7, 11) is 1.48. The number of anilines is 1. The van der Waals surface area contributed by atoms with E-state index in [1.54, 1.807) is 54.6 Å². The fourth-order valence-corrected chi connectivity index (χ4v) is 4.00. The molecule has 0 aromatic heterocycles. The van der Waals surface area contributed by atoms with Gasteiger partial charge in [0.15, 0.2) is 16.6 Å². The molecule has 0 bridgehead atoms. The monoisotopic (exact) mass is 532 g/mol. The smallest absolute Gasteiger partial charge is 0.335 e. The number of carbonyl (C=O) groups is 3. The number of carboxylic acid groups (broad SMARTS) is 1. The highest BCUT2D eigenvalue weighted by Crippen LogP contribution is 2.31. The topological polar surface area (TPSA) is 114 Å². The van der Waals surface area contributed by atoms with Gasteiger partial charge in [0.25, 0.3) is 11.8 Å². The minimum atomic E-state index is -1.00. The van der Waals surface area contributed by atoms with E-state index in [-0.39, 0.29) is 22.9 Å². The summed E-state index contributed by atoms with van der Waals surface area (Å²) < 4.78 is 16.7. The number of methoxy groups -OCH3 is 1. The van der Waals surface area contributed by atoms with Gasteiger partial charge in [0.2, 0.25) is 0 Å². The van der Waals surface area contributed by atoms with Crippen molar-refractivity contribution in [3.05, 3.63) is 89.0 Å². The van der Waals surface area contributed by atoms with Gasteiger partial charge in [-0.25, -0.2) is 4.79 Å². The van der Waals surface area contributed by atoms with Crippen LogP contribution in [0, 0.1) is 0 Å². The maximum atomic E-state index is 13.3. The molecule has 1 fully saturated rings. The molecule has 1 aliphatic rings. The molecule has 0 saturated carbocycles. The van der Waals surface area contributed by atoms with Crippen molar-refractivity contribution in [3.63, 3.8) is 0 Å². The summed E-state index contributed by atoms with van der Waals surface area (Å²) in [6, 6.07) is 18.2. The van der Waals surface area contributed by atoms with Gasteiger partial charge in [-0.05, 0) is 84.9 Å². The van der Waals surface area contributed by atoms with Crippen LogP contribution in [0.5, 0.6) is 17.2 Å². The Hall–Kier alpha value is -4.70. The fraction of sp³-hybridized carbons (Fsp3) is 0.143. The van der Waals surface area contributed by atoms with Gasteiger partial charge < -0.3 is 19.3 Å². The number of hydrogen-bond acceptors (Lipinski definition) is 7. The van der Waals surface area contributed by atoms with E-state index >= 15 is 0 Å². The summed E-state index contributed by atoms with van der Waals surface area (Å²) in [5.41, 5.74) is 1.90. The highest BCUT2D eigenvalue weighted by atomic mass is 32.1. The Kier molecular flexibility index (Phi) is 8.03. The van der Waals surface area contributed by atoms with Crippen LogP contribution in [0.25, 0.3) is 6.08 Å². The number of carboxylic acids is 1. The van der Waals surface area contributed by atoms with Gasteiger partial charge in [0.1, 0.15) is 17.9 Å². The highest BCUT2D eigenvalue weighted by Gasteiger charge is 2.34. The van der Waals surface area contributed by atoms with E-state index in [0.717, 1.165) is 5.56 Å². The standard InChI is InChI=1S/C28H24N2O7S/c1-3-36-21-11-9-20(10-12-21)30-26(32)22(25(31)29-28(30)38)14-18-6-13-23(24(15-18)35-2)37-16-17-4-7-19(8-5-17)27(33)34/h4-15H,3,16H2,1-2H3,(H,33,34)(H,29,31,38)/b22-14+. The van der Waals surface area contributed by atoms with Crippen LogP contribution in [0.1, 0.15) is 28.4 Å². The molecule has 2 N–H and O–H groups in total. The second-order valence-corrected chi connectivity index (χ2v) is 8.47. The highest BCUT2D eigenvalue weighted by molar-refractivity contribution is 7.80. The summed E-state index contributed by atoms with van der Waals surface area (Å²) >= 11 is 5.26. The predicted octanol–water partition coefficient (Wildman–Crippen LogP) is 4.20. The maximum Gasteiger partial charge on any atom is 0.335 e. The summed E-state index contributed by atoms with van der Waals surface area (Å²) in [6.07, 6.45) is 1.46. The number of hydrogen-bond donors (Lipinski definition) is 2. The van der Waals surface area contributed by atoms with Gasteiger partial charge in [-0.3, -0.25) is 19.8 Å². The molecule has 1 heterocycles. The number of ether oxygens (including phenoxy) is 3. The van der Waals surface area contributed by atoms with E-state index in [9.17, 15) is 14.4 Å². The van der Waals surface area contributed by atoms with E-state index in [1.807, 2.05) is 6.92 Å². The van der Waals surface area contributed by atoms with Gasteiger partial charge in [-0.2, -0.15) is 0 Å². The van der Waals surface area contributed by atoms with Crippen LogP contribution in [0.3, 0.4) is 0 Å². The molecule has 2 amide bonds. The van der Waals surface area contributed by atoms with Crippen LogP contribution in [0.4, 0.5) is 5.69 Å². The van der Waals surface area contributed by atoms with Crippen molar-refractivity contribution in [1.82, 2.24) is 5.32 Å². The third kappa shape index (κ3) is 5.81. The number of rotatable bonds is 9. The van der Waals surface area contributed by atoms with Gasteiger partial charge >= 0.3 is 5.97 Å². The molecule has 1 aliphatic heterocycles. The molecule has 3 aromatic carbocycles. The van der Waals surface area contributed by atoms with E-state index < -0.39 is 17.8 Å². The minimum Gasteiger partial charge on any atom is -0.494 e. The second-order valence-electron chi connectivity index (χ2n) is 8.09. The first kappa shape index (κ1) is 26.4. The van der Waals surface area contributed by atoms with Crippen LogP contribution < -0.4 is 24.4 Å². The molecule has 0 spiro atoms. The summed E-state index contributed by atoms with van der Waals surface area (Å²) in [5.74, 6) is -0.688. The molecule has 4 rings (SSSR count). The number of benzene rings is 3. The Morgan fingerprint density at radius 3 is 2.34 bits per heavy atom.